The number of amides is 4. The van der Waals surface area contributed by atoms with E-state index in [-0.39, 0.29) is 12.5 Å². The lowest BCUT2D eigenvalue weighted by Crippen LogP contribution is -2.57. The van der Waals surface area contributed by atoms with Crippen molar-refractivity contribution in [2.75, 3.05) is 33.8 Å². The Hall–Kier alpha value is -2.51. The second-order valence-corrected chi connectivity index (χ2v) is 6.15. The molecule has 3 rings (SSSR count). The molecule has 3 aliphatic rings. The molecule has 8 heteroatoms. The third-order valence-corrected chi connectivity index (χ3v) is 4.65. The van der Waals surface area contributed by atoms with Crippen LogP contribution in [0.4, 0.5) is 4.79 Å². The molecule has 0 aliphatic carbocycles. The summed E-state index contributed by atoms with van der Waals surface area (Å²) in [6.07, 6.45) is 3.49. The average molecular weight is 333 g/mol. The molecule has 1 unspecified atom stereocenters. The van der Waals surface area contributed by atoms with Crippen molar-refractivity contribution in [2.24, 2.45) is 10.9 Å². The second kappa shape index (κ2) is 6.18. The average Bonchev–Trinajstić information content (AvgIpc) is 3.11. The van der Waals surface area contributed by atoms with E-state index in [1.165, 1.54) is 11.7 Å². The number of carbonyl (C=O) groups is 3. The quantitative estimate of drug-likeness (QED) is 0.693. The minimum atomic E-state index is -0.783. The van der Waals surface area contributed by atoms with Crippen LogP contribution in [0.2, 0.25) is 0 Å². The highest BCUT2D eigenvalue weighted by molar-refractivity contribution is 6.16. The fourth-order valence-electron chi connectivity index (χ4n) is 3.30. The summed E-state index contributed by atoms with van der Waals surface area (Å²) in [7, 11) is 3.04. The summed E-state index contributed by atoms with van der Waals surface area (Å²) >= 11 is 0. The van der Waals surface area contributed by atoms with Gasteiger partial charge in [0.2, 0.25) is 0 Å². The highest BCUT2D eigenvalue weighted by Crippen LogP contribution is 2.27. The van der Waals surface area contributed by atoms with Gasteiger partial charge in [0, 0.05) is 18.7 Å². The number of dihydropyridines is 1. The van der Waals surface area contributed by atoms with E-state index in [0.29, 0.717) is 24.7 Å². The summed E-state index contributed by atoms with van der Waals surface area (Å²) in [6, 6.07) is -0.536. The van der Waals surface area contributed by atoms with Gasteiger partial charge >= 0.3 is 11.9 Å². The number of allylic oxidation sites excluding steroid dienone is 1. The number of methoxy groups -OCH3 is 1. The molecule has 3 aliphatic heterocycles. The molecule has 0 aromatic carbocycles. The lowest BCUT2D eigenvalue weighted by molar-refractivity contribution is -0.408. The Balaban J connectivity index is 1.92. The van der Waals surface area contributed by atoms with Crippen molar-refractivity contribution >= 4 is 29.9 Å². The van der Waals surface area contributed by atoms with Crippen molar-refractivity contribution in [2.45, 2.75) is 19.8 Å². The molecular formula is C16H21N4O4+. The first-order valence-corrected chi connectivity index (χ1v) is 7.98. The van der Waals surface area contributed by atoms with Crippen LogP contribution in [0.1, 0.15) is 19.8 Å². The number of hydrogen-bond acceptors (Lipinski definition) is 5. The van der Waals surface area contributed by atoms with E-state index >= 15 is 0 Å². The standard InChI is InChI=1S/C16H21N4O4/c1-10-8-17-14-12(13(10)24-3)15(22)20(16(23)18(14)2)9-11(21)19-6-4-5-7-19/h8,12H,4-7,9H2,1-3H3/q+1. The van der Waals surface area contributed by atoms with Gasteiger partial charge in [0.05, 0.1) is 14.2 Å². The molecule has 1 atom stereocenters. The summed E-state index contributed by atoms with van der Waals surface area (Å²) < 4.78 is 6.68. The van der Waals surface area contributed by atoms with E-state index in [4.69, 9.17) is 4.74 Å². The molecule has 0 radical (unpaired) electrons. The van der Waals surface area contributed by atoms with Crippen molar-refractivity contribution < 1.29 is 23.7 Å². The maximum Gasteiger partial charge on any atom is 0.446 e. The number of likely N-dealkylation sites (tertiary alicyclic amines) is 1. The van der Waals surface area contributed by atoms with Crippen LogP contribution in [-0.4, -0.2) is 78.1 Å². The van der Waals surface area contributed by atoms with E-state index in [2.05, 4.69) is 4.99 Å². The second-order valence-electron chi connectivity index (χ2n) is 6.15. The predicted octanol–water partition coefficient (Wildman–Crippen LogP) is 0.233. The highest BCUT2D eigenvalue weighted by Gasteiger charge is 2.51. The van der Waals surface area contributed by atoms with Crippen LogP contribution in [-0.2, 0) is 14.3 Å². The lowest BCUT2D eigenvalue weighted by atomic mass is 9.96. The summed E-state index contributed by atoms with van der Waals surface area (Å²) in [5, 5.41) is 0. The molecule has 0 aromatic heterocycles. The molecule has 8 nitrogen and oxygen atoms in total. The van der Waals surface area contributed by atoms with Crippen LogP contribution in [0.3, 0.4) is 0 Å². The van der Waals surface area contributed by atoms with Crippen LogP contribution >= 0.6 is 0 Å². The molecule has 0 aromatic rings. The summed E-state index contributed by atoms with van der Waals surface area (Å²) in [6.45, 7) is 2.91. The van der Waals surface area contributed by atoms with E-state index in [0.717, 1.165) is 23.3 Å². The van der Waals surface area contributed by atoms with E-state index in [1.54, 1.807) is 25.1 Å². The number of amidine groups is 1. The minimum absolute atomic E-state index is 0.204. The van der Waals surface area contributed by atoms with Gasteiger partial charge in [-0.15, -0.1) is 4.99 Å². The molecule has 0 spiro atoms. The minimum Gasteiger partial charge on any atom is -0.499 e. The van der Waals surface area contributed by atoms with Gasteiger partial charge in [0.25, 0.3) is 11.7 Å². The van der Waals surface area contributed by atoms with Gasteiger partial charge in [0.15, 0.2) is 12.5 Å². The van der Waals surface area contributed by atoms with Crippen molar-refractivity contribution in [1.29, 1.82) is 0 Å². The zero-order chi connectivity index (χ0) is 17.4. The number of nitrogens with zero attached hydrogens (tertiary/aromatic N) is 4. The van der Waals surface area contributed by atoms with E-state index < -0.39 is 17.9 Å². The number of rotatable bonds is 3. The van der Waals surface area contributed by atoms with Crippen molar-refractivity contribution in [1.82, 2.24) is 9.80 Å². The van der Waals surface area contributed by atoms with E-state index in [9.17, 15) is 14.4 Å². The molecule has 1 saturated heterocycles. The van der Waals surface area contributed by atoms with Gasteiger partial charge in [0.1, 0.15) is 12.0 Å². The fraction of sp³-hybridized carbons (Fsp3) is 0.562. The Labute approximate surface area is 140 Å². The predicted molar refractivity (Wildman–Crippen MR) is 85.8 cm³/mol. The van der Waals surface area contributed by atoms with Gasteiger partial charge in [-0.2, -0.15) is 9.48 Å². The van der Waals surface area contributed by atoms with Gasteiger partial charge in [-0.1, -0.05) is 0 Å². The van der Waals surface area contributed by atoms with Crippen LogP contribution in [0.25, 0.3) is 0 Å². The maximum atomic E-state index is 12.9. The van der Waals surface area contributed by atoms with E-state index in [1.807, 2.05) is 0 Å². The number of carbonyl (C=O) groups excluding carboxylic acids is 3. The Morgan fingerprint density at radius 2 is 2.04 bits per heavy atom. The molecule has 0 N–H and O–H groups in total. The number of imide groups is 1. The van der Waals surface area contributed by atoms with Crippen molar-refractivity contribution in [3.63, 3.8) is 0 Å². The molecule has 4 amide bonds. The first-order chi connectivity index (χ1) is 11.5. The normalized spacial score (nSPS) is 24.0. The Morgan fingerprint density at radius 3 is 2.67 bits per heavy atom. The SMILES string of the molecule is COC1=C(C)C=NC2=[N+](C)C(=O)N(CC(=O)N3CCCC3)C(=O)C12. The summed E-state index contributed by atoms with van der Waals surface area (Å²) in [4.78, 5) is 44.7. The zero-order valence-corrected chi connectivity index (χ0v) is 14.1. The lowest BCUT2D eigenvalue weighted by Gasteiger charge is -2.29. The molecule has 24 heavy (non-hydrogen) atoms. The number of ether oxygens (including phenoxy) is 1. The van der Waals surface area contributed by atoms with Gasteiger partial charge < -0.3 is 9.64 Å². The molecule has 128 valence electrons. The Bertz CT molecular complexity index is 701. The summed E-state index contributed by atoms with van der Waals surface area (Å²) in [5.74, 6) is -0.659. The third-order valence-electron chi connectivity index (χ3n) is 4.65. The Kier molecular flexibility index (Phi) is 4.21. The van der Waals surface area contributed by atoms with Crippen molar-refractivity contribution in [3.8, 4) is 0 Å². The molecule has 1 fully saturated rings. The number of hydrogen-bond donors (Lipinski definition) is 0. The summed E-state index contributed by atoms with van der Waals surface area (Å²) in [5.41, 5.74) is 0.730. The smallest absolute Gasteiger partial charge is 0.446 e. The molecule has 0 saturated carbocycles. The first kappa shape index (κ1) is 16.4. The maximum absolute atomic E-state index is 12.9. The monoisotopic (exact) mass is 333 g/mol. The number of urea groups is 1. The van der Waals surface area contributed by atoms with Gasteiger partial charge in [-0.25, -0.2) is 4.79 Å². The third kappa shape index (κ3) is 2.51. The topological polar surface area (TPSA) is 82.3 Å². The van der Waals surface area contributed by atoms with Gasteiger partial charge in [-0.3, -0.25) is 9.59 Å². The van der Waals surface area contributed by atoms with Crippen LogP contribution < -0.4 is 0 Å². The van der Waals surface area contributed by atoms with Crippen LogP contribution in [0.5, 0.6) is 0 Å². The molecule has 3 heterocycles. The highest BCUT2D eigenvalue weighted by atomic mass is 16.5. The fourth-order valence-corrected chi connectivity index (χ4v) is 3.30. The van der Waals surface area contributed by atoms with Crippen molar-refractivity contribution in [3.05, 3.63) is 11.3 Å². The van der Waals surface area contributed by atoms with Crippen LogP contribution in [0, 0.1) is 5.92 Å². The molecular weight excluding hydrogens is 312 g/mol. The van der Waals surface area contributed by atoms with Gasteiger partial charge in [-0.05, 0) is 19.8 Å². The zero-order valence-electron chi connectivity index (χ0n) is 14.1. The first-order valence-electron chi connectivity index (χ1n) is 7.98. The molecule has 0 bridgehead atoms. The number of aliphatic imine (C=N–C) groups is 1. The Morgan fingerprint density at radius 1 is 1.38 bits per heavy atom. The van der Waals surface area contributed by atoms with Crippen LogP contribution in [0.15, 0.2) is 16.3 Å². The largest absolute Gasteiger partial charge is 0.499 e. The number of fused-ring (bicyclic) bond motifs is 1.